The molecule has 22 heavy (non-hydrogen) atoms. The fourth-order valence-corrected chi connectivity index (χ4v) is 3.33. The number of ether oxygens (including phenoxy) is 1. The second-order valence-electron chi connectivity index (χ2n) is 6.29. The van der Waals surface area contributed by atoms with Crippen LogP contribution in [0.2, 0.25) is 0 Å². The lowest BCUT2D eigenvalue weighted by Gasteiger charge is -2.33. The lowest BCUT2D eigenvalue weighted by atomic mass is 9.93. The van der Waals surface area contributed by atoms with E-state index in [9.17, 15) is 4.79 Å². The van der Waals surface area contributed by atoms with Crippen molar-refractivity contribution in [3.8, 4) is 0 Å². The summed E-state index contributed by atoms with van der Waals surface area (Å²) in [5.74, 6) is 0.999. The van der Waals surface area contributed by atoms with Crippen LogP contribution in [0.15, 0.2) is 18.5 Å². The summed E-state index contributed by atoms with van der Waals surface area (Å²) >= 11 is 0. The Bertz CT molecular complexity index is 457. The Balaban J connectivity index is 1.43. The molecule has 1 aromatic rings. The quantitative estimate of drug-likeness (QED) is 0.878. The van der Waals surface area contributed by atoms with E-state index >= 15 is 0 Å². The van der Waals surface area contributed by atoms with Crippen molar-refractivity contribution in [1.82, 2.24) is 20.0 Å². The van der Waals surface area contributed by atoms with Gasteiger partial charge >= 0.3 is 0 Å². The summed E-state index contributed by atoms with van der Waals surface area (Å²) in [4.78, 5) is 14.4. The van der Waals surface area contributed by atoms with Crippen LogP contribution in [-0.4, -0.2) is 59.5 Å². The monoisotopic (exact) mass is 306 g/mol. The molecule has 0 spiro atoms. The summed E-state index contributed by atoms with van der Waals surface area (Å²) < 4.78 is 7.63. The highest BCUT2D eigenvalue weighted by Gasteiger charge is 2.25. The molecule has 0 saturated carbocycles. The van der Waals surface area contributed by atoms with Gasteiger partial charge in [-0.05, 0) is 44.3 Å². The third-order valence-corrected chi connectivity index (χ3v) is 4.67. The summed E-state index contributed by atoms with van der Waals surface area (Å²) in [6, 6.07) is 1.91. The van der Waals surface area contributed by atoms with Crippen LogP contribution < -0.4 is 5.32 Å². The number of carbonyl (C=O) groups excluding carboxylic acids is 1. The van der Waals surface area contributed by atoms with Gasteiger partial charge in [-0.25, -0.2) is 0 Å². The SMILES string of the molecule is O=C(CCC1CCNCC1)N1CCOC(Cn2cccn2)C1. The average Bonchev–Trinajstić information content (AvgIpc) is 3.07. The van der Waals surface area contributed by atoms with E-state index in [0.717, 1.165) is 26.1 Å². The first-order valence-corrected chi connectivity index (χ1v) is 8.39. The lowest BCUT2D eigenvalue weighted by Crippen LogP contribution is -2.47. The van der Waals surface area contributed by atoms with E-state index in [4.69, 9.17) is 4.74 Å². The van der Waals surface area contributed by atoms with E-state index in [1.807, 2.05) is 21.8 Å². The van der Waals surface area contributed by atoms with E-state index in [-0.39, 0.29) is 12.0 Å². The van der Waals surface area contributed by atoms with Crippen molar-refractivity contribution in [2.24, 2.45) is 5.92 Å². The van der Waals surface area contributed by atoms with Gasteiger partial charge in [0.1, 0.15) is 0 Å². The highest BCUT2D eigenvalue weighted by molar-refractivity contribution is 5.76. The number of nitrogens with zero attached hydrogens (tertiary/aromatic N) is 3. The number of nitrogens with one attached hydrogen (secondary N) is 1. The normalized spacial score (nSPS) is 23.6. The number of morpholine rings is 1. The zero-order chi connectivity index (χ0) is 15.2. The standard InChI is InChI=1S/C16H26N4O2/c21-16(3-2-14-4-7-17-8-5-14)19-10-11-22-15(12-19)13-20-9-1-6-18-20/h1,6,9,14-15,17H,2-5,7-8,10-13H2. The molecule has 2 aliphatic rings. The lowest BCUT2D eigenvalue weighted by molar-refractivity contribution is -0.139. The molecule has 0 aliphatic carbocycles. The predicted molar refractivity (Wildman–Crippen MR) is 83.4 cm³/mol. The summed E-state index contributed by atoms with van der Waals surface area (Å²) in [5, 5.41) is 7.58. The number of aromatic nitrogens is 2. The smallest absolute Gasteiger partial charge is 0.222 e. The van der Waals surface area contributed by atoms with Crippen LogP contribution in [-0.2, 0) is 16.1 Å². The van der Waals surface area contributed by atoms with E-state index in [2.05, 4.69) is 10.4 Å². The third-order valence-electron chi connectivity index (χ3n) is 4.67. The number of rotatable bonds is 5. The summed E-state index contributed by atoms with van der Waals surface area (Å²) in [7, 11) is 0. The van der Waals surface area contributed by atoms with Gasteiger partial charge in [0.15, 0.2) is 0 Å². The van der Waals surface area contributed by atoms with E-state index < -0.39 is 0 Å². The van der Waals surface area contributed by atoms with Crippen molar-refractivity contribution in [3.05, 3.63) is 18.5 Å². The van der Waals surface area contributed by atoms with Gasteiger partial charge in [-0.1, -0.05) is 0 Å². The van der Waals surface area contributed by atoms with Gasteiger partial charge in [-0.2, -0.15) is 5.10 Å². The van der Waals surface area contributed by atoms with Crippen LogP contribution in [0.4, 0.5) is 0 Å². The van der Waals surface area contributed by atoms with Crippen molar-refractivity contribution in [3.63, 3.8) is 0 Å². The summed E-state index contributed by atoms with van der Waals surface area (Å²) in [6.07, 6.45) is 7.88. The Hall–Kier alpha value is -1.40. The number of carbonyl (C=O) groups is 1. The number of amides is 1. The Morgan fingerprint density at radius 3 is 3.00 bits per heavy atom. The van der Waals surface area contributed by atoms with Crippen LogP contribution in [0.25, 0.3) is 0 Å². The number of hydrogen-bond acceptors (Lipinski definition) is 4. The second kappa shape index (κ2) is 7.74. The van der Waals surface area contributed by atoms with Crippen molar-refractivity contribution < 1.29 is 9.53 Å². The van der Waals surface area contributed by atoms with Gasteiger partial charge in [0.25, 0.3) is 0 Å². The highest BCUT2D eigenvalue weighted by atomic mass is 16.5. The third kappa shape index (κ3) is 4.30. The Morgan fingerprint density at radius 2 is 2.23 bits per heavy atom. The van der Waals surface area contributed by atoms with Crippen LogP contribution in [0.5, 0.6) is 0 Å². The first kappa shape index (κ1) is 15.5. The van der Waals surface area contributed by atoms with Gasteiger partial charge in [-0.15, -0.1) is 0 Å². The zero-order valence-corrected chi connectivity index (χ0v) is 13.1. The number of piperidine rings is 1. The molecule has 2 saturated heterocycles. The van der Waals surface area contributed by atoms with Gasteiger partial charge in [0, 0.05) is 31.9 Å². The van der Waals surface area contributed by atoms with Crippen LogP contribution in [0, 0.1) is 5.92 Å². The fourth-order valence-electron chi connectivity index (χ4n) is 3.33. The van der Waals surface area contributed by atoms with Crippen molar-refractivity contribution in [1.29, 1.82) is 0 Å². The Kier molecular flexibility index (Phi) is 5.45. The molecule has 1 aromatic heterocycles. The minimum atomic E-state index is 0.0523. The molecule has 2 aliphatic heterocycles. The first-order chi connectivity index (χ1) is 10.8. The predicted octanol–water partition coefficient (Wildman–Crippen LogP) is 0.890. The second-order valence-corrected chi connectivity index (χ2v) is 6.29. The molecule has 1 unspecified atom stereocenters. The van der Waals surface area contributed by atoms with E-state index in [0.29, 0.717) is 32.0 Å². The minimum Gasteiger partial charge on any atom is -0.373 e. The average molecular weight is 306 g/mol. The largest absolute Gasteiger partial charge is 0.373 e. The summed E-state index contributed by atoms with van der Waals surface area (Å²) in [6.45, 7) is 4.95. The minimum absolute atomic E-state index is 0.0523. The maximum absolute atomic E-state index is 12.4. The van der Waals surface area contributed by atoms with Crippen molar-refractivity contribution >= 4 is 5.91 Å². The molecule has 1 N–H and O–H groups in total. The van der Waals surface area contributed by atoms with Gasteiger partial charge in [0.05, 0.1) is 19.3 Å². The Morgan fingerprint density at radius 1 is 1.36 bits per heavy atom. The molecule has 6 heteroatoms. The molecule has 6 nitrogen and oxygen atoms in total. The molecule has 122 valence electrons. The van der Waals surface area contributed by atoms with Gasteiger partial charge < -0.3 is 15.0 Å². The molecule has 0 aromatic carbocycles. The Labute approximate surface area is 131 Å². The van der Waals surface area contributed by atoms with Crippen molar-refractivity contribution in [2.75, 3.05) is 32.8 Å². The first-order valence-electron chi connectivity index (χ1n) is 8.39. The zero-order valence-electron chi connectivity index (χ0n) is 13.1. The highest BCUT2D eigenvalue weighted by Crippen LogP contribution is 2.19. The molecule has 3 rings (SSSR count). The number of hydrogen-bond donors (Lipinski definition) is 1. The molecule has 2 fully saturated rings. The van der Waals surface area contributed by atoms with Gasteiger partial charge in [0.2, 0.25) is 5.91 Å². The molecule has 0 bridgehead atoms. The summed E-state index contributed by atoms with van der Waals surface area (Å²) in [5.41, 5.74) is 0. The molecule has 1 atom stereocenters. The molecule has 0 radical (unpaired) electrons. The topological polar surface area (TPSA) is 59.4 Å². The van der Waals surface area contributed by atoms with E-state index in [1.54, 1.807) is 6.20 Å². The maximum Gasteiger partial charge on any atom is 0.222 e. The molecular formula is C16H26N4O2. The van der Waals surface area contributed by atoms with E-state index in [1.165, 1.54) is 12.8 Å². The van der Waals surface area contributed by atoms with Crippen molar-refractivity contribution in [2.45, 2.75) is 38.3 Å². The molecule has 3 heterocycles. The van der Waals surface area contributed by atoms with Crippen LogP contribution in [0.1, 0.15) is 25.7 Å². The van der Waals surface area contributed by atoms with Gasteiger partial charge in [-0.3, -0.25) is 9.48 Å². The fraction of sp³-hybridized carbons (Fsp3) is 0.750. The van der Waals surface area contributed by atoms with Crippen LogP contribution in [0.3, 0.4) is 0 Å². The molecular weight excluding hydrogens is 280 g/mol. The maximum atomic E-state index is 12.4. The van der Waals surface area contributed by atoms with Crippen LogP contribution >= 0.6 is 0 Å². The molecule has 1 amide bonds.